The number of hydrogen-bond donors (Lipinski definition) is 5. The lowest BCUT2D eigenvalue weighted by Gasteiger charge is -2.49. The number of H-pyrrole nitrogens is 1. The number of nitrogen functional groups attached to an aromatic ring is 1. The zero-order chi connectivity index (χ0) is 22.8. The molecule has 6 N–H and O–H groups in total. The maximum atomic E-state index is 12.7. The summed E-state index contributed by atoms with van der Waals surface area (Å²) in [5, 5.41) is 39.5. The molecule has 18 heteroatoms. The molecule has 2 aliphatic heterocycles. The topological polar surface area (TPSA) is 213 Å². The molecule has 0 saturated carbocycles. The molecule has 0 unspecified atom stereocenters. The van der Waals surface area contributed by atoms with Crippen LogP contribution in [-0.2, 0) is 14.4 Å². The van der Waals surface area contributed by atoms with Crippen LogP contribution in [0.25, 0.3) is 0 Å². The first kappa shape index (κ1) is 22.4. The molecule has 1 saturated heterocycles. The van der Waals surface area contributed by atoms with E-state index in [1.807, 2.05) is 0 Å². The quantitative estimate of drug-likeness (QED) is 0.0756. The number of tetrazole rings is 1. The van der Waals surface area contributed by atoms with Crippen molar-refractivity contribution in [1.29, 1.82) is 0 Å². The number of carboxylic acid groups (broad SMARTS) is 1. The van der Waals surface area contributed by atoms with E-state index < -0.39 is 34.9 Å². The lowest BCUT2D eigenvalue weighted by Crippen LogP contribution is -2.71. The van der Waals surface area contributed by atoms with Crippen LogP contribution in [0.2, 0.25) is 0 Å². The molecule has 0 aromatic carbocycles. The number of carbonyl (C=O) groups is 3. The van der Waals surface area contributed by atoms with Crippen LogP contribution in [-0.4, -0.2) is 86.6 Å². The minimum atomic E-state index is -1.24. The molecule has 0 bridgehead atoms. The van der Waals surface area contributed by atoms with Crippen LogP contribution in [0.5, 0.6) is 0 Å². The molecule has 32 heavy (non-hydrogen) atoms. The Hall–Kier alpha value is -2.83. The third-order valence-electron chi connectivity index (χ3n) is 4.26. The number of nitrogens with zero attached hydrogens (tertiary/aromatic N) is 6. The molecule has 4 rings (SSSR count). The lowest BCUT2D eigenvalue weighted by molar-refractivity contribution is -0.150. The molecule has 2 amide bonds. The summed E-state index contributed by atoms with van der Waals surface area (Å²) in [6.07, 6.45) is 0. The molecular weight excluding hydrogens is 502 g/mol. The number of thiazole rings is 1. The fraction of sp³-hybridized carbons (Fsp3) is 0.286. The van der Waals surface area contributed by atoms with Crippen LogP contribution in [0.15, 0.2) is 26.3 Å². The Labute approximate surface area is 195 Å². The van der Waals surface area contributed by atoms with Gasteiger partial charge in [-0.25, -0.2) is 14.9 Å². The number of thioether (sulfide) groups is 3. The fourth-order valence-corrected chi connectivity index (χ4v) is 6.94. The number of carboxylic acids is 1. The van der Waals surface area contributed by atoms with Gasteiger partial charge in [0.25, 0.3) is 11.8 Å². The Balaban J connectivity index is 1.44. The number of aromatic amines is 1. The highest BCUT2D eigenvalue weighted by Crippen LogP contribution is 2.44. The first-order chi connectivity index (χ1) is 15.4. The smallest absolute Gasteiger partial charge is 0.353 e. The third kappa shape index (κ3) is 4.25. The molecule has 1 fully saturated rings. The molecule has 0 aliphatic carbocycles. The number of anilines is 1. The van der Waals surface area contributed by atoms with Gasteiger partial charge in [-0.3, -0.25) is 14.5 Å². The second-order valence-electron chi connectivity index (χ2n) is 6.07. The van der Waals surface area contributed by atoms with E-state index in [2.05, 4.69) is 36.1 Å². The second kappa shape index (κ2) is 9.35. The van der Waals surface area contributed by atoms with E-state index in [4.69, 9.17) is 5.73 Å². The minimum absolute atomic E-state index is 0.0664. The van der Waals surface area contributed by atoms with Gasteiger partial charge in [0, 0.05) is 16.0 Å². The summed E-state index contributed by atoms with van der Waals surface area (Å²) in [7, 11) is 0. The van der Waals surface area contributed by atoms with Crippen LogP contribution < -0.4 is 11.1 Å². The van der Waals surface area contributed by atoms with Gasteiger partial charge in [-0.05, 0) is 10.4 Å². The van der Waals surface area contributed by atoms with E-state index in [9.17, 15) is 24.7 Å². The van der Waals surface area contributed by atoms with E-state index in [-0.39, 0.29) is 16.5 Å². The van der Waals surface area contributed by atoms with Crippen LogP contribution in [0.3, 0.4) is 0 Å². The van der Waals surface area contributed by atoms with Gasteiger partial charge in [0.1, 0.15) is 22.8 Å². The average molecular weight is 516 g/mol. The Morgan fingerprint density at radius 2 is 2.25 bits per heavy atom. The summed E-state index contributed by atoms with van der Waals surface area (Å²) >= 11 is 4.94. The van der Waals surface area contributed by atoms with Crippen molar-refractivity contribution in [3.8, 4) is 0 Å². The molecule has 2 aliphatic rings. The molecule has 2 atom stereocenters. The zero-order valence-corrected chi connectivity index (χ0v) is 18.9. The number of fused-ring (bicyclic) bond motifs is 1. The van der Waals surface area contributed by atoms with Crippen molar-refractivity contribution >= 4 is 75.2 Å². The number of nitrogens with two attached hydrogens (primary N) is 1. The number of amides is 2. The standard InChI is InChI=1S/C14H13N9O5S4/c15-13-16-4(1-30-13)6(20-28)9(24)17-7-10(25)23-8(12(26)27)5(2-29-11(7)23)31-3-32-14-18-21-22-19-14/h1,7,11,28H,2-3H2,(H2,15,16)(H,17,24)(H,26,27)(H,18,19,21,22)/b20-6-/t7-,11-/m1/s1. The second-order valence-corrected chi connectivity index (χ2v) is 10.5. The Bertz CT molecular complexity index is 1120. The van der Waals surface area contributed by atoms with Crippen LogP contribution in [0.1, 0.15) is 5.69 Å². The van der Waals surface area contributed by atoms with Crippen LogP contribution in [0.4, 0.5) is 5.13 Å². The lowest BCUT2D eigenvalue weighted by atomic mass is 10.0. The summed E-state index contributed by atoms with van der Waals surface area (Å²) in [5.74, 6) is -2.30. The monoisotopic (exact) mass is 515 g/mol. The molecule has 168 valence electrons. The minimum Gasteiger partial charge on any atom is -0.477 e. The van der Waals surface area contributed by atoms with Gasteiger partial charge >= 0.3 is 5.97 Å². The highest BCUT2D eigenvalue weighted by molar-refractivity contribution is 8.18. The van der Waals surface area contributed by atoms with Crippen LogP contribution in [0, 0.1) is 0 Å². The largest absolute Gasteiger partial charge is 0.477 e. The maximum Gasteiger partial charge on any atom is 0.353 e. The highest BCUT2D eigenvalue weighted by atomic mass is 32.2. The SMILES string of the molecule is Nc1nc(/C(=N/O)C(=O)N[C@@H]2C(=O)N3C(C(=O)O)=C(SCSc4nnn[nH]4)CS[C@H]23)cs1. The summed E-state index contributed by atoms with van der Waals surface area (Å²) < 4.78 is 0. The molecule has 0 spiro atoms. The van der Waals surface area contributed by atoms with Crippen molar-refractivity contribution in [3.63, 3.8) is 0 Å². The number of carbonyl (C=O) groups excluding carboxylic acids is 2. The summed E-state index contributed by atoms with van der Waals surface area (Å²) in [4.78, 5) is 42.7. The molecular formula is C14H13N9O5S4. The third-order valence-corrected chi connectivity index (χ3v) is 8.47. The first-order valence-corrected chi connectivity index (χ1v) is 12.5. The van der Waals surface area contributed by atoms with E-state index in [1.54, 1.807) is 0 Å². The molecule has 14 nitrogen and oxygen atoms in total. The van der Waals surface area contributed by atoms with Crippen molar-refractivity contribution in [3.05, 3.63) is 21.7 Å². The molecule has 0 radical (unpaired) electrons. The average Bonchev–Trinajstić information content (AvgIpc) is 3.44. The predicted octanol–water partition coefficient (Wildman–Crippen LogP) is -0.404. The van der Waals surface area contributed by atoms with E-state index in [1.165, 1.54) is 40.7 Å². The summed E-state index contributed by atoms with van der Waals surface area (Å²) in [6, 6.07) is -0.976. The zero-order valence-electron chi connectivity index (χ0n) is 15.7. The molecule has 4 heterocycles. The summed E-state index contributed by atoms with van der Waals surface area (Å²) in [5.41, 5.74) is 5.09. The Kier molecular flexibility index (Phi) is 6.53. The van der Waals surface area contributed by atoms with E-state index in [0.717, 1.165) is 16.2 Å². The van der Waals surface area contributed by atoms with Gasteiger partial charge in [-0.1, -0.05) is 16.9 Å². The van der Waals surface area contributed by atoms with Crippen molar-refractivity contribution in [1.82, 2.24) is 35.8 Å². The van der Waals surface area contributed by atoms with Crippen molar-refractivity contribution in [2.24, 2.45) is 5.16 Å². The summed E-state index contributed by atoms with van der Waals surface area (Å²) in [6.45, 7) is 0. The number of oxime groups is 1. The van der Waals surface area contributed by atoms with Gasteiger partial charge in [-0.2, -0.15) is 0 Å². The maximum absolute atomic E-state index is 12.7. The number of rotatable bonds is 8. The van der Waals surface area contributed by atoms with Gasteiger partial charge in [0.15, 0.2) is 10.8 Å². The van der Waals surface area contributed by atoms with Crippen molar-refractivity contribution < 1.29 is 24.7 Å². The number of β-lactam (4-membered cyclic amide) rings is 1. The number of aliphatic carboxylic acids is 1. The number of nitrogens with one attached hydrogen (secondary N) is 2. The van der Waals surface area contributed by atoms with Crippen molar-refractivity contribution in [2.75, 3.05) is 16.6 Å². The Morgan fingerprint density at radius 3 is 2.88 bits per heavy atom. The molecule has 2 aromatic heterocycles. The van der Waals surface area contributed by atoms with Gasteiger partial charge in [0.05, 0.1) is 5.08 Å². The molecule has 2 aromatic rings. The van der Waals surface area contributed by atoms with Crippen molar-refractivity contribution in [2.45, 2.75) is 16.6 Å². The van der Waals surface area contributed by atoms with Gasteiger partial charge in [0.2, 0.25) is 5.16 Å². The predicted molar refractivity (Wildman–Crippen MR) is 117 cm³/mol. The number of hydrogen-bond acceptors (Lipinski definition) is 14. The highest BCUT2D eigenvalue weighted by Gasteiger charge is 2.54. The number of aromatic nitrogens is 5. The van der Waals surface area contributed by atoms with E-state index in [0.29, 0.717) is 20.9 Å². The van der Waals surface area contributed by atoms with Gasteiger partial charge in [-0.15, -0.1) is 40.0 Å². The first-order valence-electron chi connectivity index (χ1n) is 8.55. The van der Waals surface area contributed by atoms with E-state index >= 15 is 0 Å². The Morgan fingerprint density at radius 1 is 1.44 bits per heavy atom. The van der Waals surface area contributed by atoms with Gasteiger partial charge < -0.3 is 21.4 Å². The fourth-order valence-electron chi connectivity index (χ4n) is 2.89. The normalized spacial score (nSPS) is 20.7. The van der Waals surface area contributed by atoms with Crippen LogP contribution >= 0.6 is 46.6 Å².